The molecule has 0 saturated carbocycles. The van der Waals surface area contributed by atoms with Crippen molar-refractivity contribution in [3.8, 4) is 0 Å². The molecule has 0 aliphatic heterocycles. The zero-order valence-electron chi connectivity index (χ0n) is 19.3. The van der Waals surface area contributed by atoms with E-state index < -0.39 is 34.6 Å². The van der Waals surface area contributed by atoms with Crippen LogP contribution in [0.4, 0.5) is 4.39 Å². The number of fused-ring (bicyclic) bond motifs is 1. The second-order valence-electron chi connectivity index (χ2n) is 8.59. The number of rotatable bonds is 8. The number of halogens is 1. The van der Waals surface area contributed by atoms with Crippen LogP contribution in [0.15, 0.2) is 65.6 Å². The highest BCUT2D eigenvalue weighted by Crippen LogP contribution is 2.35. The molecule has 4 aromatic rings. The number of aromatic nitrogens is 2. The molecule has 5 N–H and O–H groups in total. The van der Waals surface area contributed by atoms with Gasteiger partial charge in [-0.15, -0.1) is 0 Å². The minimum absolute atomic E-state index is 0.0410. The van der Waals surface area contributed by atoms with E-state index >= 15 is 0 Å². The molecule has 0 aliphatic carbocycles. The molecule has 186 valence electrons. The minimum atomic E-state index is -1.99. The van der Waals surface area contributed by atoms with Crippen molar-refractivity contribution in [1.29, 1.82) is 0 Å². The summed E-state index contributed by atoms with van der Waals surface area (Å²) in [5, 5.41) is 11.1. The highest BCUT2D eigenvalue weighted by molar-refractivity contribution is 7.78. The number of benzene rings is 2. The van der Waals surface area contributed by atoms with E-state index in [1.54, 1.807) is 55.6 Å². The van der Waals surface area contributed by atoms with Gasteiger partial charge in [-0.05, 0) is 46.9 Å². The standard InChI is InChI=1S/C26H24FN3O5S/c1-14(24(31)18-6-2-16(3-7-18)13-36(34)35)21-22(25(28)32)26(33)30-20-11-17(12-29-23(20)21)10-15-4-8-19(27)9-5-15/h2-9,11-12,14,24,31H,10,13H2,1H3,(H2,28,32)(H,30,33)(H,34,35). The molecule has 0 fully saturated rings. The zero-order valence-corrected chi connectivity index (χ0v) is 20.1. The van der Waals surface area contributed by atoms with Crippen LogP contribution < -0.4 is 11.3 Å². The lowest BCUT2D eigenvalue weighted by Crippen LogP contribution is -2.28. The molecule has 10 heteroatoms. The number of hydrogen-bond acceptors (Lipinski definition) is 5. The topological polar surface area (TPSA) is 146 Å². The molecule has 0 spiro atoms. The van der Waals surface area contributed by atoms with E-state index in [1.165, 1.54) is 12.1 Å². The van der Waals surface area contributed by atoms with E-state index in [0.29, 0.717) is 28.6 Å². The lowest BCUT2D eigenvalue weighted by atomic mass is 9.86. The number of carbonyl (C=O) groups excluding carboxylic acids is 1. The molecule has 1 amide bonds. The first-order valence-corrected chi connectivity index (χ1v) is 12.3. The van der Waals surface area contributed by atoms with Gasteiger partial charge in [0.1, 0.15) is 11.4 Å². The van der Waals surface area contributed by atoms with E-state index in [4.69, 9.17) is 10.3 Å². The lowest BCUT2D eigenvalue weighted by Gasteiger charge is -2.22. The number of pyridine rings is 2. The van der Waals surface area contributed by atoms with Gasteiger partial charge in [-0.3, -0.25) is 14.6 Å². The molecule has 0 saturated heterocycles. The second kappa shape index (κ2) is 10.5. The van der Waals surface area contributed by atoms with Gasteiger partial charge in [0.15, 0.2) is 11.1 Å². The van der Waals surface area contributed by atoms with Crippen molar-refractivity contribution in [2.75, 3.05) is 0 Å². The number of nitrogens with one attached hydrogen (secondary N) is 1. The monoisotopic (exact) mass is 509 g/mol. The van der Waals surface area contributed by atoms with E-state index in [0.717, 1.165) is 11.1 Å². The maximum Gasteiger partial charge on any atom is 0.261 e. The summed E-state index contributed by atoms with van der Waals surface area (Å²) in [6.07, 6.45) is 0.921. The molecule has 2 aromatic carbocycles. The van der Waals surface area contributed by atoms with Crippen molar-refractivity contribution >= 4 is 28.0 Å². The van der Waals surface area contributed by atoms with Crippen LogP contribution in [0.2, 0.25) is 0 Å². The van der Waals surface area contributed by atoms with Gasteiger partial charge >= 0.3 is 0 Å². The molecular formula is C26H24FN3O5S. The maximum absolute atomic E-state index is 13.2. The predicted molar refractivity (Wildman–Crippen MR) is 134 cm³/mol. The Kier molecular flexibility index (Phi) is 7.39. The van der Waals surface area contributed by atoms with Crippen LogP contribution in [-0.2, 0) is 23.3 Å². The van der Waals surface area contributed by atoms with Crippen molar-refractivity contribution < 1.29 is 23.1 Å². The van der Waals surface area contributed by atoms with Crippen LogP contribution in [0.1, 0.15) is 57.1 Å². The zero-order chi connectivity index (χ0) is 26.0. The number of aromatic amines is 1. The SMILES string of the molecule is CC(c1c(C(N)=O)c(=O)[nH]c2cc(Cc3ccc(F)cc3)cnc12)C(O)c1ccc(CS(=O)O)cc1. The summed E-state index contributed by atoms with van der Waals surface area (Å²) in [4.78, 5) is 32.3. The van der Waals surface area contributed by atoms with Gasteiger partial charge < -0.3 is 20.4 Å². The molecule has 2 heterocycles. The third-order valence-corrected chi connectivity index (χ3v) is 6.63. The molecule has 36 heavy (non-hydrogen) atoms. The molecule has 2 aromatic heterocycles. The normalized spacial score (nSPS) is 13.9. The van der Waals surface area contributed by atoms with Gasteiger partial charge in [-0.1, -0.05) is 43.3 Å². The molecule has 0 bridgehead atoms. The minimum Gasteiger partial charge on any atom is -0.388 e. The van der Waals surface area contributed by atoms with Crippen molar-refractivity contribution in [1.82, 2.24) is 9.97 Å². The van der Waals surface area contributed by atoms with E-state index in [1.807, 2.05) is 0 Å². The number of carbonyl (C=O) groups is 1. The number of primary amides is 1. The summed E-state index contributed by atoms with van der Waals surface area (Å²) in [7, 11) is 0. The number of nitrogens with zero attached hydrogens (tertiary/aromatic N) is 1. The Morgan fingerprint density at radius 1 is 1.11 bits per heavy atom. The fourth-order valence-electron chi connectivity index (χ4n) is 4.27. The van der Waals surface area contributed by atoms with Crippen LogP contribution in [-0.4, -0.2) is 29.7 Å². The van der Waals surface area contributed by atoms with Gasteiger partial charge in [-0.25, -0.2) is 8.60 Å². The van der Waals surface area contributed by atoms with Crippen LogP contribution in [0, 0.1) is 5.82 Å². The number of hydrogen-bond donors (Lipinski definition) is 4. The molecule has 4 rings (SSSR count). The maximum atomic E-state index is 13.2. The fourth-order valence-corrected chi connectivity index (χ4v) is 4.74. The van der Waals surface area contributed by atoms with Gasteiger partial charge in [0, 0.05) is 17.7 Å². The number of H-pyrrole nitrogens is 1. The van der Waals surface area contributed by atoms with E-state index in [-0.39, 0.29) is 22.7 Å². The number of amides is 1. The van der Waals surface area contributed by atoms with Gasteiger partial charge in [0.25, 0.3) is 11.5 Å². The average Bonchev–Trinajstić information content (AvgIpc) is 2.83. The number of aliphatic hydroxyl groups is 1. The lowest BCUT2D eigenvalue weighted by molar-refractivity contribution is 0.0995. The Labute approximate surface area is 208 Å². The van der Waals surface area contributed by atoms with Crippen LogP contribution in [0.3, 0.4) is 0 Å². The molecule has 8 nitrogen and oxygen atoms in total. The Hall–Kier alpha value is -3.73. The summed E-state index contributed by atoms with van der Waals surface area (Å²) in [5.41, 5.74) is 8.22. The van der Waals surface area contributed by atoms with Crippen molar-refractivity contribution in [2.24, 2.45) is 5.73 Å². The first-order chi connectivity index (χ1) is 17.1. The average molecular weight is 510 g/mol. The fraction of sp³-hybridized carbons (Fsp3) is 0.192. The first-order valence-electron chi connectivity index (χ1n) is 11.1. The van der Waals surface area contributed by atoms with Crippen LogP contribution in [0.5, 0.6) is 0 Å². The molecule has 0 radical (unpaired) electrons. The van der Waals surface area contributed by atoms with E-state index in [2.05, 4.69) is 9.97 Å². The van der Waals surface area contributed by atoms with E-state index in [9.17, 15) is 23.3 Å². The molecular weight excluding hydrogens is 485 g/mol. The van der Waals surface area contributed by atoms with Crippen LogP contribution >= 0.6 is 0 Å². The Morgan fingerprint density at radius 3 is 2.36 bits per heavy atom. The quantitative estimate of drug-likeness (QED) is 0.268. The third-order valence-electron chi connectivity index (χ3n) is 6.05. The summed E-state index contributed by atoms with van der Waals surface area (Å²) in [6, 6.07) is 14.3. The Morgan fingerprint density at radius 2 is 1.75 bits per heavy atom. The number of aliphatic hydroxyl groups excluding tert-OH is 1. The van der Waals surface area contributed by atoms with Crippen LogP contribution in [0.25, 0.3) is 11.0 Å². The highest BCUT2D eigenvalue weighted by atomic mass is 32.2. The van der Waals surface area contributed by atoms with Crippen molar-refractivity contribution in [3.05, 3.63) is 110 Å². The predicted octanol–water partition coefficient (Wildman–Crippen LogP) is 3.31. The Bertz CT molecular complexity index is 1500. The van der Waals surface area contributed by atoms with Gasteiger partial charge in [0.05, 0.1) is 22.9 Å². The third kappa shape index (κ3) is 5.40. The Balaban J connectivity index is 1.75. The van der Waals surface area contributed by atoms with Gasteiger partial charge in [0.2, 0.25) is 0 Å². The molecule has 3 atom stereocenters. The van der Waals surface area contributed by atoms with Crippen molar-refractivity contribution in [3.63, 3.8) is 0 Å². The summed E-state index contributed by atoms with van der Waals surface area (Å²) < 4.78 is 33.3. The summed E-state index contributed by atoms with van der Waals surface area (Å²) in [6.45, 7) is 1.66. The molecule has 3 unspecified atom stereocenters. The smallest absolute Gasteiger partial charge is 0.261 e. The largest absolute Gasteiger partial charge is 0.388 e. The van der Waals surface area contributed by atoms with Crippen molar-refractivity contribution in [2.45, 2.75) is 31.1 Å². The number of nitrogens with two attached hydrogens (primary N) is 1. The highest BCUT2D eigenvalue weighted by Gasteiger charge is 2.28. The second-order valence-corrected chi connectivity index (χ2v) is 9.52. The van der Waals surface area contributed by atoms with Gasteiger partial charge in [-0.2, -0.15) is 0 Å². The molecule has 0 aliphatic rings. The summed E-state index contributed by atoms with van der Waals surface area (Å²) in [5.74, 6) is -2.06. The summed E-state index contributed by atoms with van der Waals surface area (Å²) >= 11 is -1.99. The first kappa shape index (κ1) is 25.4.